The van der Waals surface area contributed by atoms with E-state index in [-0.39, 0.29) is 29.6 Å². The van der Waals surface area contributed by atoms with Gasteiger partial charge in [-0.1, -0.05) is 52.8 Å². The first kappa shape index (κ1) is 31.7. The Morgan fingerprint density at radius 2 is 1.96 bits per heavy atom. The molecule has 3 atom stereocenters. The molecule has 1 fully saturated rings. The van der Waals surface area contributed by atoms with Gasteiger partial charge in [-0.05, 0) is 59.7 Å². The lowest BCUT2D eigenvalue weighted by Crippen LogP contribution is -2.49. The first-order valence-electron chi connectivity index (χ1n) is 16.0. The van der Waals surface area contributed by atoms with Gasteiger partial charge in [0.2, 0.25) is 5.91 Å². The molecule has 1 saturated heterocycles. The van der Waals surface area contributed by atoms with E-state index in [0.29, 0.717) is 46.8 Å². The number of carbonyl (C=O) groups is 1. The Hall–Kier alpha value is -4.25. The number of nitrogens with two attached hydrogens (primary N) is 2. The first-order valence-corrected chi connectivity index (χ1v) is 16.0. The van der Waals surface area contributed by atoms with Crippen molar-refractivity contribution >= 4 is 22.5 Å². The zero-order chi connectivity index (χ0) is 33.1. The number of likely N-dealkylation sites (tertiary alicyclic amines) is 1. The van der Waals surface area contributed by atoms with E-state index in [0.717, 1.165) is 22.2 Å². The van der Waals surface area contributed by atoms with Crippen LogP contribution in [0.1, 0.15) is 70.1 Å². The summed E-state index contributed by atoms with van der Waals surface area (Å²) in [5.74, 6) is -3.21. The van der Waals surface area contributed by atoms with Crippen molar-refractivity contribution in [3.8, 4) is 22.5 Å². The molecule has 244 valence electrons. The van der Waals surface area contributed by atoms with Crippen LogP contribution in [0.25, 0.3) is 39.1 Å². The zero-order valence-electron chi connectivity index (χ0n) is 26.9. The molecule has 0 spiro atoms. The molecule has 4 aromatic rings. The minimum absolute atomic E-state index is 0.00116. The minimum Gasteiger partial charge on any atom is -0.403 e. The molecular formula is C35H42F3N7O. The maximum atomic E-state index is 16.3. The van der Waals surface area contributed by atoms with Crippen LogP contribution in [-0.4, -0.2) is 50.4 Å². The van der Waals surface area contributed by atoms with Crippen molar-refractivity contribution in [2.75, 3.05) is 13.1 Å². The number of amides is 1. The van der Waals surface area contributed by atoms with Gasteiger partial charge in [-0.25, -0.2) is 18.2 Å². The highest BCUT2D eigenvalue weighted by molar-refractivity contribution is 5.92. The zero-order valence-corrected chi connectivity index (χ0v) is 26.9. The highest BCUT2D eigenvalue weighted by Crippen LogP contribution is 2.46. The third-order valence-corrected chi connectivity index (χ3v) is 9.48. The molecule has 1 amide bonds. The first-order chi connectivity index (χ1) is 21.8. The standard InChI is InChI=1S/C35H42F3N7O/c1-6-41-31(19(4)5)34(46)44-17-35(37,38)14-29(44)33-42-16-26(43-33)21-7-9-23-22(11-21)13-28(18(2)3)45-27-10-8-20(25(40)15-39)12-24(27)30(36)32(23)45/h7-12,15-16,18-19,28-29,31,41H,6,13-14,17,39-40H2,1-5H3,(H,42,43)/b25-15-. The van der Waals surface area contributed by atoms with Gasteiger partial charge in [0.25, 0.3) is 5.92 Å². The number of alkyl halides is 2. The number of likely N-dealkylation sites (N-methyl/N-ethyl adjacent to an activating group) is 1. The Bertz CT molecular complexity index is 1820. The van der Waals surface area contributed by atoms with Crippen LogP contribution in [0.2, 0.25) is 0 Å². The van der Waals surface area contributed by atoms with Crippen LogP contribution in [0.5, 0.6) is 0 Å². The number of carbonyl (C=O) groups excluding carboxylic acids is 1. The van der Waals surface area contributed by atoms with Gasteiger partial charge in [0.15, 0.2) is 5.82 Å². The third kappa shape index (κ3) is 5.34. The molecule has 0 saturated carbocycles. The summed E-state index contributed by atoms with van der Waals surface area (Å²) in [4.78, 5) is 22.5. The third-order valence-electron chi connectivity index (χ3n) is 9.48. The van der Waals surface area contributed by atoms with Gasteiger partial charge in [0.1, 0.15) is 5.82 Å². The molecule has 2 aromatic carbocycles. The number of imidazole rings is 1. The molecule has 0 aliphatic carbocycles. The van der Waals surface area contributed by atoms with E-state index in [1.807, 2.05) is 51.1 Å². The maximum absolute atomic E-state index is 16.3. The quantitative estimate of drug-likeness (QED) is 0.180. The summed E-state index contributed by atoms with van der Waals surface area (Å²) >= 11 is 0. The van der Waals surface area contributed by atoms with Crippen LogP contribution in [-0.2, 0) is 11.2 Å². The second kappa shape index (κ2) is 11.8. The molecule has 0 radical (unpaired) electrons. The molecule has 0 bridgehead atoms. The Morgan fingerprint density at radius 3 is 2.63 bits per heavy atom. The number of H-pyrrole nitrogens is 1. The van der Waals surface area contributed by atoms with Crippen molar-refractivity contribution < 1.29 is 18.0 Å². The van der Waals surface area contributed by atoms with E-state index < -0.39 is 31.0 Å². The Labute approximate surface area is 267 Å². The Morgan fingerprint density at radius 1 is 1.20 bits per heavy atom. The molecule has 2 aromatic heterocycles. The summed E-state index contributed by atoms with van der Waals surface area (Å²) < 4.78 is 47.9. The molecule has 8 nitrogen and oxygen atoms in total. The summed E-state index contributed by atoms with van der Waals surface area (Å²) in [6, 6.07) is 9.88. The number of aromatic nitrogens is 3. The molecule has 2 aliphatic heterocycles. The average Bonchev–Trinajstić information content (AvgIpc) is 3.72. The van der Waals surface area contributed by atoms with E-state index in [1.54, 1.807) is 12.3 Å². The molecule has 4 heterocycles. The maximum Gasteiger partial charge on any atom is 0.267 e. The second-order valence-corrected chi connectivity index (χ2v) is 13.3. The lowest BCUT2D eigenvalue weighted by molar-refractivity contribution is -0.136. The Balaban J connectivity index is 1.37. The smallest absolute Gasteiger partial charge is 0.267 e. The van der Waals surface area contributed by atoms with Gasteiger partial charge >= 0.3 is 0 Å². The normalized spacial score (nSPS) is 20.0. The molecule has 3 unspecified atom stereocenters. The van der Waals surface area contributed by atoms with Gasteiger partial charge < -0.3 is 31.2 Å². The lowest BCUT2D eigenvalue weighted by Gasteiger charge is -2.32. The highest BCUT2D eigenvalue weighted by Gasteiger charge is 2.50. The van der Waals surface area contributed by atoms with Gasteiger partial charge in [0, 0.05) is 29.6 Å². The van der Waals surface area contributed by atoms with Crippen molar-refractivity contribution in [2.24, 2.45) is 23.3 Å². The fourth-order valence-corrected chi connectivity index (χ4v) is 7.11. The van der Waals surface area contributed by atoms with Crippen LogP contribution in [0.4, 0.5) is 13.2 Å². The fourth-order valence-electron chi connectivity index (χ4n) is 7.11. The van der Waals surface area contributed by atoms with E-state index in [4.69, 9.17) is 11.5 Å². The van der Waals surface area contributed by atoms with Crippen LogP contribution >= 0.6 is 0 Å². The van der Waals surface area contributed by atoms with Gasteiger partial charge in [0.05, 0.1) is 47.4 Å². The predicted molar refractivity (Wildman–Crippen MR) is 175 cm³/mol. The van der Waals surface area contributed by atoms with Gasteiger partial charge in [-0.3, -0.25) is 4.79 Å². The van der Waals surface area contributed by atoms with Crippen LogP contribution in [0.15, 0.2) is 48.8 Å². The second-order valence-electron chi connectivity index (χ2n) is 13.3. The van der Waals surface area contributed by atoms with Crippen LogP contribution in [0, 0.1) is 17.7 Å². The topological polar surface area (TPSA) is 118 Å². The number of aromatic amines is 1. The molecular weight excluding hydrogens is 591 g/mol. The lowest BCUT2D eigenvalue weighted by atomic mass is 9.87. The van der Waals surface area contributed by atoms with E-state index in [9.17, 15) is 13.6 Å². The monoisotopic (exact) mass is 633 g/mol. The molecule has 46 heavy (non-hydrogen) atoms. The number of benzene rings is 2. The SMILES string of the molecule is CCNC(C(=O)N1CC(F)(F)CC1c1ncc(-c2ccc3c(c2)CC(C(C)C)n2c-3c(F)c3cc(/C(N)=C/N)ccc32)[nH]1)C(C)C. The highest BCUT2D eigenvalue weighted by atomic mass is 19.3. The number of nitrogens with one attached hydrogen (secondary N) is 2. The molecule has 6 rings (SSSR count). The number of rotatable bonds is 8. The number of fused-ring (bicyclic) bond motifs is 5. The van der Waals surface area contributed by atoms with Gasteiger partial charge in [-0.15, -0.1) is 0 Å². The minimum atomic E-state index is -3.02. The summed E-state index contributed by atoms with van der Waals surface area (Å²) in [6.45, 7) is 9.85. The molecule has 11 heteroatoms. The van der Waals surface area contributed by atoms with Crippen LogP contribution in [0.3, 0.4) is 0 Å². The largest absolute Gasteiger partial charge is 0.403 e. The van der Waals surface area contributed by atoms with Crippen molar-refractivity contribution in [1.82, 2.24) is 24.8 Å². The summed E-state index contributed by atoms with van der Waals surface area (Å²) in [5, 5.41) is 3.64. The van der Waals surface area contributed by atoms with E-state index >= 15 is 4.39 Å². The molecule has 2 aliphatic rings. The van der Waals surface area contributed by atoms with Gasteiger partial charge in [-0.2, -0.15) is 0 Å². The molecule has 6 N–H and O–H groups in total. The number of nitrogens with zero attached hydrogens (tertiary/aromatic N) is 3. The summed E-state index contributed by atoms with van der Waals surface area (Å²) in [6.07, 6.45) is 3.12. The number of hydrogen-bond acceptors (Lipinski definition) is 5. The van der Waals surface area contributed by atoms with Crippen molar-refractivity contribution in [1.29, 1.82) is 0 Å². The summed E-state index contributed by atoms with van der Waals surface area (Å²) in [5.41, 5.74) is 17.3. The average molecular weight is 634 g/mol. The predicted octanol–water partition coefficient (Wildman–Crippen LogP) is 6.35. The van der Waals surface area contributed by atoms with E-state index in [1.165, 1.54) is 11.1 Å². The van der Waals surface area contributed by atoms with Crippen molar-refractivity contribution in [3.05, 3.63) is 71.6 Å². The number of halogens is 3. The Kier molecular flexibility index (Phi) is 8.16. The van der Waals surface area contributed by atoms with Crippen molar-refractivity contribution in [3.63, 3.8) is 0 Å². The fraction of sp³-hybridized carbons (Fsp3) is 0.429. The van der Waals surface area contributed by atoms with Crippen molar-refractivity contribution in [2.45, 2.75) is 71.5 Å². The number of hydrogen-bond donors (Lipinski definition) is 4. The van der Waals surface area contributed by atoms with E-state index in [2.05, 4.69) is 33.7 Å². The summed E-state index contributed by atoms with van der Waals surface area (Å²) in [7, 11) is 0. The van der Waals surface area contributed by atoms with Crippen LogP contribution < -0.4 is 16.8 Å².